The Kier molecular flexibility index (Phi) is 6.31. The van der Waals surface area contributed by atoms with E-state index in [0.29, 0.717) is 18.0 Å². The van der Waals surface area contributed by atoms with Gasteiger partial charge in [0.2, 0.25) is 11.0 Å². The Morgan fingerprint density at radius 1 is 1.27 bits per heavy atom. The maximum Gasteiger partial charge on any atom is 0.311 e. The Morgan fingerprint density at radius 2 is 2.03 bits per heavy atom. The molecule has 1 aromatic heterocycles. The zero-order valence-corrected chi connectivity index (χ0v) is 18.8. The Labute approximate surface area is 193 Å². The lowest BCUT2D eigenvalue weighted by molar-refractivity contribution is -0.385. The number of ether oxygens (including phenoxy) is 1. The third-order valence-electron chi connectivity index (χ3n) is 5.43. The zero-order valence-electron chi connectivity index (χ0n) is 18.0. The van der Waals surface area contributed by atoms with Gasteiger partial charge in [-0.05, 0) is 36.2 Å². The van der Waals surface area contributed by atoms with E-state index in [1.807, 2.05) is 24.3 Å². The largest absolute Gasteiger partial charge is 0.490 e. The molecule has 1 aliphatic heterocycles. The van der Waals surface area contributed by atoms with E-state index in [2.05, 4.69) is 22.4 Å². The third kappa shape index (κ3) is 4.67. The molecule has 1 N–H and O–H groups in total. The van der Waals surface area contributed by atoms with Gasteiger partial charge in [-0.25, -0.2) is 0 Å². The van der Waals surface area contributed by atoms with Crippen molar-refractivity contribution in [1.29, 1.82) is 0 Å². The van der Waals surface area contributed by atoms with Gasteiger partial charge in [-0.1, -0.05) is 30.4 Å². The number of benzene rings is 2. The van der Waals surface area contributed by atoms with Crippen molar-refractivity contribution in [3.8, 4) is 5.75 Å². The van der Waals surface area contributed by atoms with Crippen LogP contribution >= 0.6 is 11.3 Å². The van der Waals surface area contributed by atoms with Gasteiger partial charge in [0, 0.05) is 36.2 Å². The summed E-state index contributed by atoms with van der Waals surface area (Å²) in [5.41, 5.74) is 1.84. The summed E-state index contributed by atoms with van der Waals surface area (Å²) in [4.78, 5) is 37.4. The monoisotopic (exact) mass is 467 g/mol. The number of methoxy groups -OCH3 is 1. The first-order chi connectivity index (χ1) is 15.9. The van der Waals surface area contributed by atoms with Crippen molar-refractivity contribution in [2.45, 2.75) is 25.7 Å². The number of amides is 2. The van der Waals surface area contributed by atoms with E-state index in [4.69, 9.17) is 4.74 Å². The number of nitro groups is 1. The van der Waals surface area contributed by atoms with Gasteiger partial charge >= 0.3 is 5.69 Å². The molecule has 1 atom stereocenters. The number of nitrogens with one attached hydrogen (secondary N) is 1. The highest BCUT2D eigenvalue weighted by Crippen LogP contribution is 2.34. The quantitative estimate of drug-likeness (QED) is 0.414. The number of carbonyl (C=O) groups excluding carboxylic acids is 2. The Bertz CT molecular complexity index is 1210. The molecule has 2 amide bonds. The molecule has 11 heteroatoms. The number of nitro benzene ring substituents is 1. The number of aromatic nitrogens is 2. The van der Waals surface area contributed by atoms with Gasteiger partial charge in [0.25, 0.3) is 5.91 Å². The smallest absolute Gasteiger partial charge is 0.311 e. The maximum absolute atomic E-state index is 12.6. The Balaban J connectivity index is 1.45. The molecule has 3 aromatic rings. The number of aryl methyl sites for hydroxylation is 1. The second kappa shape index (κ2) is 9.33. The van der Waals surface area contributed by atoms with Crippen molar-refractivity contribution >= 4 is 39.7 Å². The summed E-state index contributed by atoms with van der Waals surface area (Å²) in [7, 11) is 1.32. The molecule has 0 bridgehead atoms. The number of nitrogens with zero attached hydrogens (tertiary/aromatic N) is 4. The minimum Gasteiger partial charge on any atom is -0.490 e. The van der Waals surface area contributed by atoms with Crippen LogP contribution < -0.4 is 15.0 Å². The fourth-order valence-corrected chi connectivity index (χ4v) is 4.46. The maximum atomic E-state index is 12.6. The molecule has 0 radical (unpaired) electrons. The third-order valence-corrected chi connectivity index (χ3v) is 6.43. The molecular weight excluding hydrogens is 446 g/mol. The summed E-state index contributed by atoms with van der Waals surface area (Å²) in [5, 5.41) is 22.9. The summed E-state index contributed by atoms with van der Waals surface area (Å²) in [5.74, 6) is -0.609. The predicted molar refractivity (Wildman–Crippen MR) is 123 cm³/mol. The van der Waals surface area contributed by atoms with E-state index in [1.165, 1.54) is 36.1 Å². The SMILES string of the molecule is CCc1ccc(N2CC(c3nnc(NC(=O)c4ccc(OC)c([N+](=O)[O-])c4)s3)CC2=O)cc1. The molecule has 33 heavy (non-hydrogen) atoms. The van der Waals surface area contributed by atoms with Crippen molar-refractivity contribution in [3.63, 3.8) is 0 Å². The van der Waals surface area contributed by atoms with E-state index in [-0.39, 0.29) is 34.0 Å². The predicted octanol–water partition coefficient (Wildman–Crippen LogP) is 3.79. The van der Waals surface area contributed by atoms with Crippen LogP contribution in [0.4, 0.5) is 16.5 Å². The molecular formula is C22H21N5O5S. The minimum absolute atomic E-state index is 0.00979. The van der Waals surface area contributed by atoms with Gasteiger partial charge in [0.05, 0.1) is 12.0 Å². The number of hydrogen-bond acceptors (Lipinski definition) is 8. The van der Waals surface area contributed by atoms with Crippen molar-refractivity contribution < 1.29 is 19.2 Å². The van der Waals surface area contributed by atoms with E-state index in [1.54, 1.807) is 4.90 Å². The molecule has 1 saturated heterocycles. The summed E-state index contributed by atoms with van der Waals surface area (Å²) in [6, 6.07) is 11.9. The van der Waals surface area contributed by atoms with E-state index >= 15 is 0 Å². The number of carbonyl (C=O) groups is 2. The average Bonchev–Trinajstić information content (AvgIpc) is 3.45. The molecule has 2 heterocycles. The van der Waals surface area contributed by atoms with E-state index in [0.717, 1.165) is 18.2 Å². The molecule has 1 fully saturated rings. The second-order valence-corrected chi connectivity index (χ2v) is 8.48. The Morgan fingerprint density at radius 3 is 2.70 bits per heavy atom. The van der Waals surface area contributed by atoms with Crippen LogP contribution in [0.5, 0.6) is 5.75 Å². The number of anilines is 2. The van der Waals surface area contributed by atoms with Gasteiger partial charge in [-0.3, -0.25) is 25.0 Å². The summed E-state index contributed by atoms with van der Waals surface area (Å²) >= 11 is 1.19. The summed E-state index contributed by atoms with van der Waals surface area (Å²) < 4.78 is 4.96. The first-order valence-electron chi connectivity index (χ1n) is 10.3. The summed E-state index contributed by atoms with van der Waals surface area (Å²) in [6.45, 7) is 2.56. The van der Waals surface area contributed by atoms with Gasteiger partial charge < -0.3 is 9.64 Å². The van der Waals surface area contributed by atoms with E-state index in [9.17, 15) is 19.7 Å². The van der Waals surface area contributed by atoms with E-state index < -0.39 is 10.8 Å². The van der Waals surface area contributed by atoms with Crippen molar-refractivity contribution in [2.75, 3.05) is 23.9 Å². The highest BCUT2D eigenvalue weighted by molar-refractivity contribution is 7.15. The second-order valence-electron chi connectivity index (χ2n) is 7.47. The van der Waals surface area contributed by atoms with Gasteiger partial charge in [0.1, 0.15) is 5.01 Å². The van der Waals surface area contributed by atoms with Crippen LogP contribution in [0.1, 0.15) is 40.2 Å². The topological polar surface area (TPSA) is 128 Å². The van der Waals surface area contributed by atoms with Crippen LogP contribution in [0.15, 0.2) is 42.5 Å². The molecule has 0 aliphatic carbocycles. The van der Waals surface area contributed by atoms with Crippen LogP contribution in [-0.2, 0) is 11.2 Å². The van der Waals surface area contributed by atoms with Crippen LogP contribution in [0, 0.1) is 10.1 Å². The number of hydrogen-bond donors (Lipinski definition) is 1. The lowest BCUT2D eigenvalue weighted by Gasteiger charge is -2.16. The van der Waals surface area contributed by atoms with Crippen molar-refractivity contribution in [3.05, 3.63) is 68.7 Å². The number of rotatable bonds is 7. The van der Waals surface area contributed by atoms with Crippen molar-refractivity contribution in [1.82, 2.24) is 10.2 Å². The molecule has 10 nitrogen and oxygen atoms in total. The molecule has 2 aromatic carbocycles. The fraction of sp³-hybridized carbons (Fsp3) is 0.273. The minimum atomic E-state index is -0.614. The van der Waals surface area contributed by atoms with Crippen LogP contribution in [-0.4, -0.2) is 40.6 Å². The molecule has 1 unspecified atom stereocenters. The standard InChI is InChI=1S/C22H21N5O5S/c1-3-13-4-7-16(8-5-13)26-12-15(11-19(26)28)21-24-25-22(33-21)23-20(29)14-6-9-18(32-2)17(10-14)27(30)31/h4-10,15H,3,11-12H2,1-2H3,(H,23,25,29). The molecule has 0 spiro atoms. The van der Waals surface area contributed by atoms with Crippen molar-refractivity contribution in [2.24, 2.45) is 0 Å². The van der Waals surface area contributed by atoms with Gasteiger partial charge in [0.15, 0.2) is 5.75 Å². The zero-order chi connectivity index (χ0) is 23.5. The fourth-order valence-electron chi connectivity index (χ4n) is 3.63. The Hall–Kier alpha value is -3.86. The van der Waals surface area contributed by atoms with Crippen LogP contribution in [0.2, 0.25) is 0 Å². The van der Waals surface area contributed by atoms with Gasteiger partial charge in [-0.2, -0.15) is 0 Å². The molecule has 4 rings (SSSR count). The first-order valence-corrected chi connectivity index (χ1v) is 11.1. The van der Waals surface area contributed by atoms with Gasteiger partial charge in [-0.15, -0.1) is 10.2 Å². The molecule has 0 saturated carbocycles. The normalized spacial score (nSPS) is 15.5. The highest BCUT2D eigenvalue weighted by Gasteiger charge is 2.34. The lowest BCUT2D eigenvalue weighted by atomic mass is 10.1. The molecule has 170 valence electrons. The average molecular weight is 468 g/mol. The molecule has 1 aliphatic rings. The first kappa shape index (κ1) is 22.3. The highest BCUT2D eigenvalue weighted by atomic mass is 32.1. The summed E-state index contributed by atoms with van der Waals surface area (Å²) in [6.07, 6.45) is 1.24. The van der Waals surface area contributed by atoms with Crippen LogP contribution in [0.3, 0.4) is 0 Å². The van der Waals surface area contributed by atoms with Crippen LogP contribution in [0.25, 0.3) is 0 Å². The lowest BCUT2D eigenvalue weighted by Crippen LogP contribution is -2.24.